The third-order valence-electron chi connectivity index (χ3n) is 3.48. The topological polar surface area (TPSA) is 36.1 Å². The molecule has 1 aromatic rings. The number of likely N-dealkylation sites (tertiary alicyclic amines) is 1. The van der Waals surface area contributed by atoms with Crippen molar-refractivity contribution >= 4 is 21.8 Å². The average molecular weight is 299 g/mol. The molecule has 4 heteroatoms. The first-order valence-corrected chi connectivity index (χ1v) is 7.13. The normalized spacial score (nSPS) is 17.4. The number of H-pyrrole nitrogens is 1. The molecule has 1 aliphatic heterocycles. The van der Waals surface area contributed by atoms with E-state index >= 15 is 0 Å². The molecule has 1 aliphatic rings. The second-order valence-electron chi connectivity index (χ2n) is 4.76. The minimum atomic E-state index is 0.130. The molecule has 1 N–H and O–H groups in total. The predicted octanol–water partition coefficient (Wildman–Crippen LogP) is 3.43. The lowest BCUT2D eigenvalue weighted by atomic mass is 9.92. The molecule has 0 atom stereocenters. The number of nitrogens with zero attached hydrogens (tertiary/aromatic N) is 1. The number of piperidine rings is 1. The van der Waals surface area contributed by atoms with E-state index in [-0.39, 0.29) is 5.91 Å². The van der Waals surface area contributed by atoms with Crippen LogP contribution in [-0.2, 0) is 0 Å². The summed E-state index contributed by atoms with van der Waals surface area (Å²) in [4.78, 5) is 17.1. The van der Waals surface area contributed by atoms with Crippen LogP contribution in [0.15, 0.2) is 16.7 Å². The van der Waals surface area contributed by atoms with Crippen molar-refractivity contribution in [1.82, 2.24) is 9.88 Å². The van der Waals surface area contributed by atoms with E-state index in [2.05, 4.69) is 27.8 Å². The van der Waals surface area contributed by atoms with Crippen molar-refractivity contribution in [2.75, 3.05) is 13.1 Å². The maximum absolute atomic E-state index is 12.2. The van der Waals surface area contributed by atoms with Crippen molar-refractivity contribution in [2.45, 2.75) is 32.6 Å². The molecule has 0 aromatic carbocycles. The molecule has 1 aromatic heterocycles. The van der Waals surface area contributed by atoms with Crippen LogP contribution >= 0.6 is 15.9 Å². The van der Waals surface area contributed by atoms with E-state index in [1.54, 1.807) is 6.20 Å². The van der Waals surface area contributed by atoms with Gasteiger partial charge in [-0.3, -0.25) is 4.79 Å². The summed E-state index contributed by atoms with van der Waals surface area (Å²) in [6.07, 6.45) is 6.66. The van der Waals surface area contributed by atoms with E-state index in [4.69, 9.17) is 0 Å². The Morgan fingerprint density at radius 2 is 2.24 bits per heavy atom. The highest BCUT2D eigenvalue weighted by Gasteiger charge is 2.23. The van der Waals surface area contributed by atoms with Crippen LogP contribution in [0.2, 0.25) is 0 Å². The first kappa shape index (κ1) is 12.7. The molecule has 2 heterocycles. The number of amides is 1. The first-order chi connectivity index (χ1) is 8.20. The standard InChI is InChI=1S/C13H19BrN2O/c1-2-3-10-4-6-16(7-5-10)13(17)12-8-11(14)9-15-12/h8-10,15H,2-7H2,1H3. The molecule has 3 nitrogen and oxygen atoms in total. The SMILES string of the molecule is CCCC1CCN(C(=O)c2cc(Br)c[nH]2)CC1. The van der Waals surface area contributed by atoms with E-state index in [0.29, 0.717) is 5.69 Å². The second-order valence-corrected chi connectivity index (χ2v) is 5.67. The summed E-state index contributed by atoms with van der Waals surface area (Å²) >= 11 is 3.35. The molecule has 1 fully saturated rings. The molecule has 0 aliphatic carbocycles. The molecule has 1 amide bonds. The van der Waals surface area contributed by atoms with Gasteiger partial charge < -0.3 is 9.88 Å². The second kappa shape index (κ2) is 5.71. The van der Waals surface area contributed by atoms with Crippen molar-refractivity contribution in [2.24, 2.45) is 5.92 Å². The van der Waals surface area contributed by atoms with Gasteiger partial charge in [0.05, 0.1) is 0 Å². The van der Waals surface area contributed by atoms with Crippen molar-refractivity contribution in [3.63, 3.8) is 0 Å². The molecular formula is C13H19BrN2O. The number of halogens is 1. The Balaban J connectivity index is 1.90. The third-order valence-corrected chi connectivity index (χ3v) is 3.93. The summed E-state index contributed by atoms with van der Waals surface area (Å²) in [5, 5.41) is 0. The minimum Gasteiger partial charge on any atom is -0.356 e. The highest BCUT2D eigenvalue weighted by atomic mass is 79.9. The van der Waals surface area contributed by atoms with Gasteiger partial charge in [-0.15, -0.1) is 0 Å². The van der Waals surface area contributed by atoms with Gasteiger partial charge in [-0.25, -0.2) is 0 Å². The number of hydrogen-bond acceptors (Lipinski definition) is 1. The van der Waals surface area contributed by atoms with Crippen LogP contribution in [0.5, 0.6) is 0 Å². The van der Waals surface area contributed by atoms with Crippen LogP contribution in [0.4, 0.5) is 0 Å². The lowest BCUT2D eigenvalue weighted by Crippen LogP contribution is -2.38. The van der Waals surface area contributed by atoms with E-state index < -0.39 is 0 Å². The van der Waals surface area contributed by atoms with E-state index in [1.165, 1.54) is 12.8 Å². The smallest absolute Gasteiger partial charge is 0.270 e. The van der Waals surface area contributed by atoms with Crippen molar-refractivity contribution in [3.05, 3.63) is 22.4 Å². The molecule has 1 saturated heterocycles. The minimum absolute atomic E-state index is 0.130. The molecular weight excluding hydrogens is 280 g/mol. The summed E-state index contributed by atoms with van der Waals surface area (Å²) in [7, 11) is 0. The van der Waals surface area contributed by atoms with Gasteiger partial charge in [-0.05, 0) is 40.8 Å². The largest absolute Gasteiger partial charge is 0.356 e. The Kier molecular flexibility index (Phi) is 4.26. The van der Waals surface area contributed by atoms with Gasteiger partial charge in [0, 0.05) is 23.8 Å². The van der Waals surface area contributed by atoms with Crippen LogP contribution in [-0.4, -0.2) is 28.9 Å². The van der Waals surface area contributed by atoms with E-state index in [1.807, 2.05) is 11.0 Å². The molecule has 94 valence electrons. The highest BCUT2D eigenvalue weighted by molar-refractivity contribution is 9.10. The molecule has 0 spiro atoms. The van der Waals surface area contributed by atoms with Crippen LogP contribution in [0.3, 0.4) is 0 Å². The zero-order chi connectivity index (χ0) is 12.3. The fourth-order valence-electron chi connectivity index (χ4n) is 2.49. The van der Waals surface area contributed by atoms with Crippen molar-refractivity contribution in [3.8, 4) is 0 Å². The van der Waals surface area contributed by atoms with E-state index in [0.717, 1.165) is 36.3 Å². The number of nitrogens with one attached hydrogen (secondary N) is 1. The zero-order valence-electron chi connectivity index (χ0n) is 10.2. The number of carbonyl (C=O) groups excluding carboxylic acids is 1. The quantitative estimate of drug-likeness (QED) is 0.912. The molecule has 0 unspecified atom stereocenters. The summed E-state index contributed by atoms with van der Waals surface area (Å²) in [6.45, 7) is 4.04. The van der Waals surface area contributed by atoms with Crippen LogP contribution in [0.25, 0.3) is 0 Å². The number of rotatable bonds is 3. The number of carbonyl (C=O) groups is 1. The Labute approximate surface area is 111 Å². The number of hydrogen-bond donors (Lipinski definition) is 1. The van der Waals surface area contributed by atoms with Crippen molar-refractivity contribution in [1.29, 1.82) is 0 Å². The van der Waals surface area contributed by atoms with Crippen LogP contribution in [0.1, 0.15) is 43.1 Å². The average Bonchev–Trinajstić information content (AvgIpc) is 2.76. The van der Waals surface area contributed by atoms with Crippen LogP contribution in [0, 0.1) is 5.92 Å². The van der Waals surface area contributed by atoms with Gasteiger partial charge in [0.15, 0.2) is 0 Å². The maximum atomic E-state index is 12.2. The number of aromatic nitrogens is 1. The van der Waals surface area contributed by atoms with E-state index in [9.17, 15) is 4.79 Å². The Bertz CT molecular complexity index is 381. The fourth-order valence-corrected chi connectivity index (χ4v) is 2.84. The van der Waals surface area contributed by atoms with Gasteiger partial charge in [-0.2, -0.15) is 0 Å². The predicted molar refractivity (Wildman–Crippen MR) is 72.0 cm³/mol. The summed E-state index contributed by atoms with van der Waals surface area (Å²) in [5.74, 6) is 0.949. The Morgan fingerprint density at radius 3 is 2.76 bits per heavy atom. The van der Waals surface area contributed by atoms with Gasteiger partial charge >= 0.3 is 0 Å². The Hall–Kier alpha value is -0.770. The van der Waals surface area contributed by atoms with Gasteiger partial charge in [0.2, 0.25) is 0 Å². The van der Waals surface area contributed by atoms with Crippen LogP contribution < -0.4 is 0 Å². The monoisotopic (exact) mass is 298 g/mol. The molecule has 17 heavy (non-hydrogen) atoms. The summed E-state index contributed by atoms with van der Waals surface area (Å²) in [5.41, 5.74) is 0.686. The molecule has 0 saturated carbocycles. The highest BCUT2D eigenvalue weighted by Crippen LogP contribution is 2.23. The zero-order valence-corrected chi connectivity index (χ0v) is 11.8. The third kappa shape index (κ3) is 3.12. The van der Waals surface area contributed by atoms with Gasteiger partial charge in [0.25, 0.3) is 5.91 Å². The lowest BCUT2D eigenvalue weighted by molar-refractivity contribution is 0.0681. The molecule has 0 bridgehead atoms. The van der Waals surface area contributed by atoms with Gasteiger partial charge in [0.1, 0.15) is 5.69 Å². The van der Waals surface area contributed by atoms with Gasteiger partial charge in [-0.1, -0.05) is 19.8 Å². The maximum Gasteiger partial charge on any atom is 0.270 e. The Morgan fingerprint density at radius 1 is 1.53 bits per heavy atom. The summed E-state index contributed by atoms with van der Waals surface area (Å²) < 4.78 is 0.932. The molecule has 2 rings (SSSR count). The summed E-state index contributed by atoms with van der Waals surface area (Å²) in [6, 6.07) is 1.85. The fraction of sp³-hybridized carbons (Fsp3) is 0.615. The molecule has 0 radical (unpaired) electrons. The first-order valence-electron chi connectivity index (χ1n) is 6.34. The van der Waals surface area contributed by atoms with Crippen molar-refractivity contribution < 1.29 is 4.79 Å². The lowest BCUT2D eigenvalue weighted by Gasteiger charge is -2.31. The number of aromatic amines is 1.